The van der Waals surface area contributed by atoms with Gasteiger partial charge in [-0.15, -0.1) is 0 Å². The SMILES string of the molecule is Cc1cc(C)c(C)c(C(N)C2CCC(C)O2)c1C. The molecule has 0 amide bonds. The molecule has 1 aliphatic rings. The van der Waals surface area contributed by atoms with E-state index in [1.54, 1.807) is 0 Å². The highest BCUT2D eigenvalue weighted by Gasteiger charge is 2.30. The van der Waals surface area contributed by atoms with E-state index in [0.29, 0.717) is 6.10 Å². The van der Waals surface area contributed by atoms with E-state index < -0.39 is 0 Å². The molecule has 1 aromatic carbocycles. The fourth-order valence-corrected chi connectivity index (χ4v) is 3.03. The third-order valence-electron chi connectivity index (χ3n) is 4.42. The van der Waals surface area contributed by atoms with Crippen LogP contribution in [0.1, 0.15) is 53.6 Å². The zero-order valence-electron chi connectivity index (χ0n) is 12.2. The first-order valence-corrected chi connectivity index (χ1v) is 6.90. The Bertz CT molecular complexity index is 427. The second-order valence-corrected chi connectivity index (χ2v) is 5.76. The molecule has 1 aliphatic heterocycles. The minimum absolute atomic E-state index is 0.00792. The molecule has 2 heteroatoms. The average molecular weight is 247 g/mol. The van der Waals surface area contributed by atoms with Crippen LogP contribution in [-0.4, -0.2) is 12.2 Å². The lowest BCUT2D eigenvalue weighted by Crippen LogP contribution is -2.28. The molecule has 1 heterocycles. The van der Waals surface area contributed by atoms with Gasteiger partial charge in [-0.05, 0) is 75.3 Å². The molecule has 0 radical (unpaired) electrons. The van der Waals surface area contributed by atoms with Gasteiger partial charge in [0.1, 0.15) is 0 Å². The minimum Gasteiger partial charge on any atom is -0.373 e. The average Bonchev–Trinajstić information content (AvgIpc) is 2.73. The minimum atomic E-state index is 0.00792. The van der Waals surface area contributed by atoms with E-state index in [-0.39, 0.29) is 12.1 Å². The molecule has 1 fully saturated rings. The zero-order chi connectivity index (χ0) is 13.4. The molecule has 3 atom stereocenters. The summed E-state index contributed by atoms with van der Waals surface area (Å²) >= 11 is 0. The molecule has 1 aromatic rings. The van der Waals surface area contributed by atoms with Crippen LogP contribution in [-0.2, 0) is 4.74 Å². The maximum Gasteiger partial charge on any atom is 0.0772 e. The van der Waals surface area contributed by atoms with Crippen molar-refractivity contribution in [3.05, 3.63) is 33.9 Å². The van der Waals surface area contributed by atoms with Crippen LogP contribution in [0.5, 0.6) is 0 Å². The Morgan fingerprint density at radius 2 is 1.67 bits per heavy atom. The lowest BCUT2D eigenvalue weighted by molar-refractivity contribution is 0.0399. The number of ether oxygens (including phenoxy) is 1. The first-order chi connectivity index (χ1) is 8.41. The van der Waals surface area contributed by atoms with Crippen molar-refractivity contribution in [3.63, 3.8) is 0 Å². The van der Waals surface area contributed by atoms with Crippen molar-refractivity contribution in [1.82, 2.24) is 0 Å². The molecule has 0 saturated carbocycles. The van der Waals surface area contributed by atoms with Crippen LogP contribution in [0.4, 0.5) is 0 Å². The summed E-state index contributed by atoms with van der Waals surface area (Å²) < 4.78 is 5.94. The Morgan fingerprint density at radius 3 is 2.11 bits per heavy atom. The Hall–Kier alpha value is -0.860. The first-order valence-electron chi connectivity index (χ1n) is 6.90. The van der Waals surface area contributed by atoms with Crippen LogP contribution in [0.25, 0.3) is 0 Å². The smallest absolute Gasteiger partial charge is 0.0772 e. The van der Waals surface area contributed by atoms with E-state index in [4.69, 9.17) is 10.5 Å². The molecule has 2 N–H and O–H groups in total. The molecule has 0 spiro atoms. The summed E-state index contributed by atoms with van der Waals surface area (Å²) in [6.07, 6.45) is 2.74. The van der Waals surface area contributed by atoms with Crippen LogP contribution >= 0.6 is 0 Å². The van der Waals surface area contributed by atoms with Gasteiger partial charge in [-0.1, -0.05) is 6.07 Å². The van der Waals surface area contributed by atoms with Crippen LogP contribution in [0.3, 0.4) is 0 Å². The van der Waals surface area contributed by atoms with E-state index in [0.717, 1.165) is 12.8 Å². The summed E-state index contributed by atoms with van der Waals surface area (Å²) in [6.45, 7) is 10.8. The molecule has 18 heavy (non-hydrogen) atoms. The highest BCUT2D eigenvalue weighted by molar-refractivity contribution is 5.46. The van der Waals surface area contributed by atoms with E-state index in [9.17, 15) is 0 Å². The number of rotatable bonds is 2. The van der Waals surface area contributed by atoms with Crippen LogP contribution in [0.15, 0.2) is 6.07 Å². The van der Waals surface area contributed by atoms with Crippen LogP contribution in [0.2, 0.25) is 0 Å². The number of hydrogen-bond acceptors (Lipinski definition) is 2. The molecular weight excluding hydrogens is 222 g/mol. The van der Waals surface area contributed by atoms with Gasteiger partial charge in [0.15, 0.2) is 0 Å². The van der Waals surface area contributed by atoms with Crippen LogP contribution < -0.4 is 5.73 Å². The van der Waals surface area contributed by atoms with Gasteiger partial charge in [-0.25, -0.2) is 0 Å². The molecule has 1 saturated heterocycles. The van der Waals surface area contributed by atoms with Gasteiger partial charge in [0, 0.05) is 0 Å². The predicted octanol–water partition coefficient (Wildman–Crippen LogP) is 3.49. The molecule has 0 aliphatic carbocycles. The van der Waals surface area contributed by atoms with Gasteiger partial charge in [0.2, 0.25) is 0 Å². The molecular formula is C16H25NO. The Labute approximate surface area is 111 Å². The van der Waals surface area contributed by atoms with Crippen molar-refractivity contribution in [1.29, 1.82) is 0 Å². The first kappa shape index (κ1) is 13.6. The lowest BCUT2D eigenvalue weighted by Gasteiger charge is -2.25. The third kappa shape index (κ3) is 2.32. The van der Waals surface area contributed by atoms with Crippen molar-refractivity contribution >= 4 is 0 Å². The Morgan fingerprint density at radius 1 is 1.11 bits per heavy atom. The Kier molecular flexibility index (Phi) is 3.79. The molecule has 100 valence electrons. The topological polar surface area (TPSA) is 35.2 Å². The summed E-state index contributed by atoms with van der Waals surface area (Å²) in [5, 5.41) is 0. The standard InChI is InChI=1S/C16H25NO/c1-9-8-10(2)13(5)15(12(9)4)16(17)14-7-6-11(3)18-14/h8,11,14,16H,6-7,17H2,1-5H3. The third-order valence-corrected chi connectivity index (χ3v) is 4.42. The van der Waals surface area contributed by atoms with E-state index in [2.05, 4.69) is 40.7 Å². The number of nitrogens with two attached hydrogens (primary N) is 1. The summed E-state index contributed by atoms with van der Waals surface area (Å²) in [7, 11) is 0. The molecule has 0 bridgehead atoms. The molecule has 2 rings (SSSR count). The van der Waals surface area contributed by atoms with Gasteiger partial charge in [0.25, 0.3) is 0 Å². The Balaban J connectivity index is 2.38. The summed E-state index contributed by atoms with van der Waals surface area (Å²) in [6, 6.07) is 2.26. The molecule has 3 unspecified atom stereocenters. The van der Waals surface area contributed by atoms with Crippen molar-refractivity contribution in [3.8, 4) is 0 Å². The van der Waals surface area contributed by atoms with Gasteiger partial charge >= 0.3 is 0 Å². The number of hydrogen-bond donors (Lipinski definition) is 1. The summed E-state index contributed by atoms with van der Waals surface area (Å²) in [5.41, 5.74) is 13.1. The maximum atomic E-state index is 6.48. The second-order valence-electron chi connectivity index (χ2n) is 5.76. The fourth-order valence-electron chi connectivity index (χ4n) is 3.03. The van der Waals surface area contributed by atoms with Crippen molar-refractivity contribution in [2.75, 3.05) is 0 Å². The number of benzene rings is 1. The quantitative estimate of drug-likeness (QED) is 0.868. The van der Waals surface area contributed by atoms with E-state index in [1.165, 1.54) is 27.8 Å². The van der Waals surface area contributed by atoms with Gasteiger partial charge < -0.3 is 10.5 Å². The fraction of sp³-hybridized carbons (Fsp3) is 0.625. The largest absolute Gasteiger partial charge is 0.373 e. The predicted molar refractivity (Wildman–Crippen MR) is 75.9 cm³/mol. The normalized spacial score (nSPS) is 25.4. The monoisotopic (exact) mass is 247 g/mol. The maximum absolute atomic E-state index is 6.48. The van der Waals surface area contributed by atoms with Gasteiger partial charge in [0.05, 0.1) is 18.2 Å². The summed E-state index contributed by atoms with van der Waals surface area (Å²) in [4.78, 5) is 0. The van der Waals surface area contributed by atoms with Crippen molar-refractivity contribution in [2.24, 2.45) is 5.73 Å². The van der Waals surface area contributed by atoms with Crippen LogP contribution in [0, 0.1) is 27.7 Å². The highest BCUT2D eigenvalue weighted by atomic mass is 16.5. The van der Waals surface area contributed by atoms with Gasteiger partial charge in [-0.3, -0.25) is 0 Å². The van der Waals surface area contributed by atoms with Crippen molar-refractivity contribution < 1.29 is 4.74 Å². The molecule has 0 aromatic heterocycles. The number of aryl methyl sites for hydroxylation is 2. The molecule has 2 nitrogen and oxygen atoms in total. The van der Waals surface area contributed by atoms with E-state index in [1.807, 2.05) is 0 Å². The van der Waals surface area contributed by atoms with Gasteiger partial charge in [-0.2, -0.15) is 0 Å². The lowest BCUT2D eigenvalue weighted by atomic mass is 9.87. The van der Waals surface area contributed by atoms with E-state index >= 15 is 0 Å². The summed E-state index contributed by atoms with van der Waals surface area (Å²) in [5.74, 6) is 0. The second kappa shape index (κ2) is 5.02. The highest BCUT2D eigenvalue weighted by Crippen LogP contribution is 2.33. The zero-order valence-corrected chi connectivity index (χ0v) is 12.2. The van der Waals surface area contributed by atoms with Crippen molar-refractivity contribution in [2.45, 2.75) is 65.7 Å².